The molecule has 0 aromatic rings. The number of rotatable bonds is 2. The van der Waals surface area contributed by atoms with E-state index in [9.17, 15) is 8.42 Å². The van der Waals surface area contributed by atoms with Gasteiger partial charge in [0, 0.05) is 6.20 Å². The lowest BCUT2D eigenvalue weighted by atomic mass is 10.4. The second-order valence-electron chi connectivity index (χ2n) is 2.25. The van der Waals surface area contributed by atoms with E-state index in [4.69, 9.17) is 5.26 Å². The van der Waals surface area contributed by atoms with Crippen molar-refractivity contribution in [2.75, 3.05) is 12.3 Å². The van der Waals surface area contributed by atoms with E-state index in [0.29, 0.717) is 6.54 Å². The fourth-order valence-electron chi connectivity index (χ4n) is 0.821. The molecule has 1 aliphatic rings. The summed E-state index contributed by atoms with van der Waals surface area (Å²) in [6, 6.07) is 1.62. The Hall–Kier alpha value is -1.28. The van der Waals surface area contributed by atoms with Crippen LogP contribution < -0.4 is 0 Å². The van der Waals surface area contributed by atoms with Crippen LogP contribution in [0.4, 0.5) is 0 Å². The molecule has 0 unspecified atom stereocenters. The SMILES string of the molecule is N#CCS(=O)(=O)N1C=CC=CC1. The minimum absolute atomic E-state index is 0.320. The van der Waals surface area contributed by atoms with Crippen LogP contribution in [-0.2, 0) is 10.0 Å². The number of hydrogen-bond donors (Lipinski definition) is 0. The second kappa shape index (κ2) is 3.41. The van der Waals surface area contributed by atoms with Crippen LogP contribution in [0.3, 0.4) is 0 Å². The van der Waals surface area contributed by atoms with Gasteiger partial charge in [0.15, 0.2) is 5.75 Å². The van der Waals surface area contributed by atoms with Crippen molar-refractivity contribution >= 4 is 10.0 Å². The fraction of sp³-hybridized carbons (Fsp3) is 0.286. The zero-order valence-electron chi connectivity index (χ0n) is 6.34. The Balaban J connectivity index is 2.78. The predicted octanol–water partition coefficient (Wildman–Crippen LogP) is 0.225. The van der Waals surface area contributed by atoms with Crippen LogP contribution in [0.2, 0.25) is 0 Å². The first kappa shape index (κ1) is 8.81. The zero-order valence-corrected chi connectivity index (χ0v) is 7.16. The average Bonchev–Trinajstić information content (AvgIpc) is 2.06. The maximum Gasteiger partial charge on any atom is 0.248 e. The fourth-order valence-corrected chi connectivity index (χ4v) is 1.72. The zero-order chi connectivity index (χ0) is 9.03. The summed E-state index contributed by atoms with van der Waals surface area (Å²) in [4.78, 5) is 0. The molecule has 1 aliphatic heterocycles. The number of hydrogen-bond acceptors (Lipinski definition) is 3. The molecule has 5 heteroatoms. The van der Waals surface area contributed by atoms with Crippen LogP contribution in [0.5, 0.6) is 0 Å². The molecule has 0 amide bonds. The van der Waals surface area contributed by atoms with E-state index < -0.39 is 15.8 Å². The average molecular weight is 184 g/mol. The summed E-state index contributed by atoms with van der Waals surface area (Å²) in [5.41, 5.74) is 0. The molecular formula is C7H8N2O2S. The van der Waals surface area contributed by atoms with Gasteiger partial charge >= 0.3 is 0 Å². The lowest BCUT2D eigenvalue weighted by molar-refractivity contribution is 0.524. The third-order valence-corrected chi connectivity index (χ3v) is 2.87. The van der Waals surface area contributed by atoms with Crippen LogP contribution in [0, 0.1) is 11.3 Å². The number of nitriles is 1. The van der Waals surface area contributed by atoms with E-state index in [1.54, 1.807) is 24.3 Å². The minimum Gasteiger partial charge on any atom is -0.273 e. The van der Waals surface area contributed by atoms with Crippen LogP contribution in [0.25, 0.3) is 0 Å². The Morgan fingerprint density at radius 1 is 1.50 bits per heavy atom. The first-order valence-electron chi connectivity index (χ1n) is 3.36. The van der Waals surface area contributed by atoms with Gasteiger partial charge in [-0.15, -0.1) is 0 Å². The maximum atomic E-state index is 11.2. The van der Waals surface area contributed by atoms with Gasteiger partial charge in [-0.05, 0) is 6.08 Å². The van der Waals surface area contributed by atoms with E-state index >= 15 is 0 Å². The van der Waals surface area contributed by atoms with E-state index in [2.05, 4.69) is 0 Å². The summed E-state index contributed by atoms with van der Waals surface area (Å²) < 4.78 is 23.6. The Labute approximate surface area is 71.5 Å². The van der Waals surface area contributed by atoms with E-state index in [1.165, 1.54) is 6.20 Å². The van der Waals surface area contributed by atoms with Gasteiger partial charge in [0.2, 0.25) is 10.0 Å². The van der Waals surface area contributed by atoms with E-state index in [1.807, 2.05) is 0 Å². The summed E-state index contributed by atoms with van der Waals surface area (Å²) in [7, 11) is -3.40. The topological polar surface area (TPSA) is 61.2 Å². The molecular weight excluding hydrogens is 176 g/mol. The van der Waals surface area contributed by atoms with Crippen LogP contribution in [0.15, 0.2) is 24.4 Å². The maximum absolute atomic E-state index is 11.2. The summed E-state index contributed by atoms with van der Waals surface area (Å²) in [6.07, 6.45) is 6.55. The first-order valence-corrected chi connectivity index (χ1v) is 4.97. The molecule has 0 saturated carbocycles. The Morgan fingerprint density at radius 3 is 2.75 bits per heavy atom. The molecule has 0 radical (unpaired) electrons. The van der Waals surface area contributed by atoms with Crippen molar-refractivity contribution in [2.45, 2.75) is 0 Å². The van der Waals surface area contributed by atoms with Crippen molar-refractivity contribution in [3.63, 3.8) is 0 Å². The van der Waals surface area contributed by atoms with Gasteiger partial charge in [0.25, 0.3) is 0 Å². The van der Waals surface area contributed by atoms with Gasteiger partial charge in [-0.25, -0.2) is 8.42 Å². The highest BCUT2D eigenvalue weighted by atomic mass is 32.2. The molecule has 0 bridgehead atoms. The summed E-state index contributed by atoms with van der Waals surface area (Å²) >= 11 is 0. The van der Waals surface area contributed by atoms with Crippen molar-refractivity contribution in [2.24, 2.45) is 0 Å². The molecule has 0 saturated heterocycles. The highest BCUT2D eigenvalue weighted by Gasteiger charge is 2.17. The highest BCUT2D eigenvalue weighted by Crippen LogP contribution is 2.05. The number of allylic oxidation sites excluding steroid dienone is 2. The molecule has 64 valence electrons. The van der Waals surface area contributed by atoms with Crippen LogP contribution in [-0.4, -0.2) is 25.0 Å². The monoisotopic (exact) mass is 184 g/mol. The largest absolute Gasteiger partial charge is 0.273 e. The molecule has 1 heterocycles. The third-order valence-electron chi connectivity index (χ3n) is 1.39. The van der Waals surface area contributed by atoms with E-state index in [0.717, 1.165) is 4.31 Å². The van der Waals surface area contributed by atoms with Gasteiger partial charge in [0.05, 0.1) is 12.6 Å². The molecule has 0 aromatic heterocycles. The number of nitrogens with zero attached hydrogens (tertiary/aromatic N) is 2. The summed E-state index contributed by atoms with van der Waals surface area (Å²) in [6.45, 7) is 0.320. The quantitative estimate of drug-likeness (QED) is 0.617. The van der Waals surface area contributed by atoms with Gasteiger partial charge in [0.1, 0.15) is 0 Å². The smallest absolute Gasteiger partial charge is 0.248 e. The molecule has 0 atom stereocenters. The van der Waals surface area contributed by atoms with Gasteiger partial charge in [-0.1, -0.05) is 12.2 Å². The Bertz CT molecular complexity index is 348. The molecule has 0 aliphatic carbocycles. The molecule has 12 heavy (non-hydrogen) atoms. The van der Waals surface area contributed by atoms with Crippen LogP contribution >= 0.6 is 0 Å². The predicted molar refractivity (Wildman–Crippen MR) is 44.4 cm³/mol. The van der Waals surface area contributed by atoms with E-state index in [-0.39, 0.29) is 0 Å². The lowest BCUT2D eigenvalue weighted by Crippen LogP contribution is -2.28. The second-order valence-corrected chi connectivity index (χ2v) is 4.18. The van der Waals surface area contributed by atoms with Crippen LogP contribution in [0.1, 0.15) is 0 Å². The number of sulfonamides is 1. The molecule has 0 aromatic carbocycles. The van der Waals surface area contributed by atoms with Crippen molar-refractivity contribution in [1.29, 1.82) is 5.26 Å². The molecule has 0 fully saturated rings. The van der Waals surface area contributed by atoms with Crippen molar-refractivity contribution < 1.29 is 8.42 Å². The molecule has 0 spiro atoms. The molecule has 0 N–H and O–H groups in total. The summed E-state index contributed by atoms with van der Waals surface area (Å²) in [5.74, 6) is -0.467. The first-order chi connectivity index (χ1) is 5.67. The minimum atomic E-state index is -3.40. The Morgan fingerprint density at radius 2 is 2.25 bits per heavy atom. The summed E-state index contributed by atoms with van der Waals surface area (Å²) in [5, 5.41) is 8.23. The van der Waals surface area contributed by atoms with Gasteiger partial charge < -0.3 is 0 Å². The standard InChI is InChI=1S/C7H8N2O2S/c8-4-7-12(10,11)9-5-2-1-3-6-9/h1-3,5H,6-7H2. The van der Waals surface area contributed by atoms with Crippen molar-refractivity contribution in [1.82, 2.24) is 4.31 Å². The normalized spacial score (nSPS) is 16.1. The lowest BCUT2D eigenvalue weighted by Gasteiger charge is -2.18. The highest BCUT2D eigenvalue weighted by molar-refractivity contribution is 7.89. The molecule has 1 rings (SSSR count). The van der Waals surface area contributed by atoms with Crippen molar-refractivity contribution in [3.8, 4) is 6.07 Å². The Kier molecular flexibility index (Phi) is 2.51. The van der Waals surface area contributed by atoms with Gasteiger partial charge in [-0.3, -0.25) is 4.31 Å². The van der Waals surface area contributed by atoms with Gasteiger partial charge in [-0.2, -0.15) is 5.26 Å². The third kappa shape index (κ3) is 1.86. The van der Waals surface area contributed by atoms with Crippen molar-refractivity contribution in [3.05, 3.63) is 24.4 Å². The molecule has 4 nitrogen and oxygen atoms in total.